The van der Waals surface area contributed by atoms with Crippen molar-refractivity contribution in [3.63, 3.8) is 0 Å². The minimum atomic E-state index is -0.500. The van der Waals surface area contributed by atoms with E-state index in [2.05, 4.69) is 0 Å². The van der Waals surface area contributed by atoms with Crippen LogP contribution in [0.3, 0.4) is 0 Å². The smallest absolute Gasteiger partial charge is 0.230 e. The van der Waals surface area contributed by atoms with Gasteiger partial charge < -0.3 is 14.5 Å². The summed E-state index contributed by atoms with van der Waals surface area (Å²) in [6, 6.07) is 4.60. The highest BCUT2D eigenvalue weighted by molar-refractivity contribution is 5.86. The van der Waals surface area contributed by atoms with Crippen LogP contribution in [0.2, 0.25) is 0 Å². The third-order valence-corrected chi connectivity index (χ3v) is 5.73. The van der Waals surface area contributed by atoms with E-state index in [0.717, 1.165) is 12.8 Å². The van der Waals surface area contributed by atoms with Gasteiger partial charge in [0.15, 0.2) is 0 Å². The zero-order valence-electron chi connectivity index (χ0n) is 16.5. The van der Waals surface area contributed by atoms with Crippen LogP contribution in [0, 0.1) is 17.2 Å². The van der Waals surface area contributed by atoms with E-state index in [0.29, 0.717) is 49.7 Å². The number of nitrogens with zero attached hydrogens (tertiary/aromatic N) is 2. The van der Waals surface area contributed by atoms with Gasteiger partial charge in [0.05, 0.1) is 12.5 Å². The molecule has 148 valence electrons. The number of rotatable bonds is 5. The average Bonchev–Trinajstić information content (AvgIpc) is 3.05. The van der Waals surface area contributed by atoms with Crippen LogP contribution in [0.1, 0.15) is 45.1 Å². The number of benzene rings is 1. The first-order valence-electron chi connectivity index (χ1n) is 9.74. The highest BCUT2D eigenvalue weighted by Gasteiger charge is 2.49. The van der Waals surface area contributed by atoms with Gasteiger partial charge in [0.1, 0.15) is 11.6 Å². The monoisotopic (exact) mass is 376 g/mol. The first-order chi connectivity index (χ1) is 12.8. The van der Waals surface area contributed by atoms with Crippen LogP contribution in [-0.2, 0) is 16.1 Å². The Morgan fingerprint density at radius 2 is 2.07 bits per heavy atom. The van der Waals surface area contributed by atoms with Gasteiger partial charge >= 0.3 is 0 Å². The molecule has 1 spiro atoms. The molecule has 0 radical (unpaired) electrons. The van der Waals surface area contributed by atoms with E-state index < -0.39 is 5.41 Å². The fraction of sp³-hybridized carbons (Fsp3) is 0.619. The molecule has 27 heavy (non-hydrogen) atoms. The summed E-state index contributed by atoms with van der Waals surface area (Å²) in [5.74, 6) is 0.741. The second-order valence-corrected chi connectivity index (χ2v) is 8.23. The van der Waals surface area contributed by atoms with Crippen molar-refractivity contribution in [2.75, 3.05) is 26.7 Å². The summed E-state index contributed by atoms with van der Waals surface area (Å²) in [5, 5.41) is 0. The predicted molar refractivity (Wildman–Crippen MR) is 101 cm³/mol. The zero-order chi connectivity index (χ0) is 19.6. The normalized spacial score (nSPS) is 22.8. The van der Waals surface area contributed by atoms with E-state index >= 15 is 0 Å². The molecule has 2 saturated heterocycles. The summed E-state index contributed by atoms with van der Waals surface area (Å²) < 4.78 is 19.4. The van der Waals surface area contributed by atoms with Crippen LogP contribution < -0.4 is 4.74 Å². The molecule has 5 nitrogen and oxygen atoms in total. The molecule has 2 aliphatic heterocycles. The lowest BCUT2D eigenvalue weighted by atomic mass is 9.78. The number of amides is 2. The second kappa shape index (κ2) is 7.87. The summed E-state index contributed by atoms with van der Waals surface area (Å²) >= 11 is 0. The van der Waals surface area contributed by atoms with Gasteiger partial charge in [-0.15, -0.1) is 0 Å². The number of piperidine rings is 1. The van der Waals surface area contributed by atoms with Gasteiger partial charge in [0, 0.05) is 38.2 Å². The SMILES string of the molecule is COc1ccc(F)c(CN2CCC[C@]3(CCN(C(=O)CC(C)C)C3)C2=O)c1. The second-order valence-electron chi connectivity index (χ2n) is 8.23. The number of carbonyl (C=O) groups excluding carboxylic acids is 2. The number of likely N-dealkylation sites (tertiary alicyclic amines) is 2. The molecule has 2 heterocycles. The van der Waals surface area contributed by atoms with Gasteiger partial charge in [-0.3, -0.25) is 9.59 Å². The minimum absolute atomic E-state index is 0.0517. The molecule has 0 aliphatic carbocycles. The van der Waals surface area contributed by atoms with Crippen LogP contribution in [0.5, 0.6) is 5.75 Å². The van der Waals surface area contributed by atoms with Crippen LogP contribution in [0.25, 0.3) is 0 Å². The van der Waals surface area contributed by atoms with Gasteiger partial charge in [-0.25, -0.2) is 4.39 Å². The third kappa shape index (κ3) is 4.09. The zero-order valence-corrected chi connectivity index (χ0v) is 16.5. The molecular weight excluding hydrogens is 347 g/mol. The fourth-order valence-electron chi connectivity index (χ4n) is 4.25. The predicted octanol–water partition coefficient (Wildman–Crippen LogP) is 3.22. The fourth-order valence-corrected chi connectivity index (χ4v) is 4.25. The molecule has 2 aliphatic rings. The van der Waals surface area contributed by atoms with Crippen molar-refractivity contribution in [2.24, 2.45) is 11.3 Å². The topological polar surface area (TPSA) is 49.9 Å². The van der Waals surface area contributed by atoms with E-state index in [1.165, 1.54) is 6.07 Å². The van der Waals surface area contributed by atoms with Gasteiger partial charge in [0.25, 0.3) is 0 Å². The molecule has 3 rings (SSSR count). The molecule has 0 bridgehead atoms. The van der Waals surface area contributed by atoms with E-state index in [1.54, 1.807) is 24.1 Å². The van der Waals surface area contributed by atoms with Gasteiger partial charge in [0.2, 0.25) is 11.8 Å². The molecule has 0 saturated carbocycles. The molecule has 1 aromatic carbocycles. The highest BCUT2D eigenvalue weighted by Crippen LogP contribution is 2.41. The van der Waals surface area contributed by atoms with E-state index in [1.807, 2.05) is 18.7 Å². The molecule has 2 fully saturated rings. The average molecular weight is 376 g/mol. The molecule has 6 heteroatoms. The highest BCUT2D eigenvalue weighted by atomic mass is 19.1. The number of methoxy groups -OCH3 is 1. The Balaban J connectivity index is 1.72. The Hall–Kier alpha value is -2.11. The lowest BCUT2D eigenvalue weighted by Gasteiger charge is -2.39. The number of hydrogen-bond donors (Lipinski definition) is 0. The molecule has 2 amide bonds. The molecule has 0 N–H and O–H groups in total. The molecule has 0 aromatic heterocycles. The van der Waals surface area contributed by atoms with Crippen LogP contribution in [0.15, 0.2) is 18.2 Å². The Kier molecular flexibility index (Phi) is 5.72. The Morgan fingerprint density at radius 1 is 1.30 bits per heavy atom. The summed E-state index contributed by atoms with van der Waals surface area (Å²) in [7, 11) is 1.54. The number of carbonyl (C=O) groups is 2. The van der Waals surface area contributed by atoms with Crippen molar-refractivity contribution in [3.8, 4) is 5.75 Å². The minimum Gasteiger partial charge on any atom is -0.497 e. The van der Waals surface area contributed by atoms with Crippen molar-refractivity contribution in [1.29, 1.82) is 0 Å². The standard InChI is InChI=1S/C21H29FN2O3/c1-15(2)11-19(25)24-10-8-21(14-24)7-4-9-23(20(21)26)13-16-12-17(27-3)5-6-18(16)22/h5-6,12,15H,4,7-11,13-14H2,1-3H3/t21-/m1/s1. The van der Waals surface area contributed by atoms with Crippen molar-refractivity contribution in [3.05, 3.63) is 29.6 Å². The lowest BCUT2D eigenvalue weighted by Crippen LogP contribution is -2.50. The van der Waals surface area contributed by atoms with Crippen molar-refractivity contribution in [1.82, 2.24) is 9.80 Å². The first-order valence-corrected chi connectivity index (χ1v) is 9.74. The van der Waals surface area contributed by atoms with Gasteiger partial charge in [-0.05, 0) is 43.4 Å². The van der Waals surface area contributed by atoms with E-state index in [-0.39, 0.29) is 24.2 Å². The van der Waals surface area contributed by atoms with Crippen LogP contribution in [-0.4, -0.2) is 48.4 Å². The Bertz CT molecular complexity index is 721. The number of hydrogen-bond acceptors (Lipinski definition) is 3. The van der Waals surface area contributed by atoms with E-state index in [9.17, 15) is 14.0 Å². The molecule has 0 unspecified atom stereocenters. The first kappa shape index (κ1) is 19.6. The largest absolute Gasteiger partial charge is 0.497 e. The summed E-state index contributed by atoms with van der Waals surface area (Å²) in [5.41, 5.74) is -0.0364. The number of halogens is 1. The maximum absolute atomic E-state index is 14.2. The van der Waals surface area contributed by atoms with Crippen LogP contribution in [0.4, 0.5) is 4.39 Å². The van der Waals surface area contributed by atoms with Crippen molar-refractivity contribution < 1.29 is 18.7 Å². The van der Waals surface area contributed by atoms with Crippen molar-refractivity contribution >= 4 is 11.8 Å². The maximum Gasteiger partial charge on any atom is 0.230 e. The maximum atomic E-state index is 14.2. The summed E-state index contributed by atoms with van der Waals surface area (Å²) in [6.45, 7) is 6.05. The van der Waals surface area contributed by atoms with Gasteiger partial charge in [-0.2, -0.15) is 0 Å². The molecule has 1 atom stereocenters. The van der Waals surface area contributed by atoms with E-state index in [4.69, 9.17) is 4.74 Å². The van der Waals surface area contributed by atoms with Crippen molar-refractivity contribution in [2.45, 2.75) is 46.1 Å². The molecular formula is C21H29FN2O3. The summed E-state index contributed by atoms with van der Waals surface area (Å²) in [6.07, 6.45) is 2.90. The third-order valence-electron chi connectivity index (χ3n) is 5.73. The Labute approximate surface area is 160 Å². The lowest BCUT2D eigenvalue weighted by molar-refractivity contribution is -0.147. The Morgan fingerprint density at radius 3 is 2.78 bits per heavy atom. The van der Waals surface area contributed by atoms with Gasteiger partial charge in [-0.1, -0.05) is 13.8 Å². The van der Waals surface area contributed by atoms with Crippen LogP contribution >= 0.6 is 0 Å². The molecule has 1 aromatic rings. The quantitative estimate of drug-likeness (QED) is 0.793. The summed E-state index contributed by atoms with van der Waals surface area (Å²) in [4.78, 5) is 29.2. The number of ether oxygens (including phenoxy) is 1.